The Balaban J connectivity index is 2.08. The zero-order valence-corrected chi connectivity index (χ0v) is 14.0. The first-order valence-corrected chi connectivity index (χ1v) is 7.76. The molecule has 5 heteroatoms. The van der Waals surface area contributed by atoms with Crippen LogP contribution in [0.1, 0.15) is 30.6 Å². The molecule has 0 saturated carbocycles. The molecule has 0 unspecified atom stereocenters. The van der Waals surface area contributed by atoms with Crippen LogP contribution >= 0.6 is 0 Å². The number of rotatable bonds is 7. The fraction of sp³-hybridized carbons (Fsp3) is 0.263. The van der Waals surface area contributed by atoms with Crippen molar-refractivity contribution in [1.82, 2.24) is 0 Å². The van der Waals surface area contributed by atoms with Crippen molar-refractivity contribution in [2.24, 2.45) is 0 Å². The van der Waals surface area contributed by atoms with Crippen LogP contribution < -0.4 is 14.8 Å². The number of carbonyl (C=O) groups is 2. The predicted molar refractivity (Wildman–Crippen MR) is 92.8 cm³/mol. The summed E-state index contributed by atoms with van der Waals surface area (Å²) in [7, 11) is 1.57. The fourth-order valence-electron chi connectivity index (χ4n) is 2.20. The molecular weight excluding hydrogens is 306 g/mol. The number of Topliss-reactive ketones (excluding diaryl/α,β-unsaturated/α-hetero) is 1. The summed E-state index contributed by atoms with van der Waals surface area (Å²) in [5, 5.41) is 2.79. The number of amides is 1. The maximum absolute atomic E-state index is 12.4. The molecule has 0 saturated heterocycles. The second-order valence-corrected chi connectivity index (χ2v) is 5.32. The van der Waals surface area contributed by atoms with E-state index in [1.54, 1.807) is 55.6 Å². The van der Waals surface area contributed by atoms with Gasteiger partial charge >= 0.3 is 0 Å². The first-order chi connectivity index (χ1) is 11.5. The topological polar surface area (TPSA) is 64.6 Å². The number of benzene rings is 2. The molecule has 1 atom stereocenters. The second kappa shape index (κ2) is 8.15. The van der Waals surface area contributed by atoms with Gasteiger partial charge in [-0.05, 0) is 37.6 Å². The number of anilines is 1. The van der Waals surface area contributed by atoms with Gasteiger partial charge in [-0.15, -0.1) is 0 Å². The molecule has 1 amide bonds. The van der Waals surface area contributed by atoms with Crippen LogP contribution in [0.4, 0.5) is 5.69 Å². The van der Waals surface area contributed by atoms with E-state index in [0.29, 0.717) is 29.2 Å². The molecule has 0 aliphatic heterocycles. The molecule has 0 spiro atoms. The molecule has 0 heterocycles. The van der Waals surface area contributed by atoms with E-state index in [9.17, 15) is 9.59 Å². The third-order valence-electron chi connectivity index (χ3n) is 3.52. The van der Waals surface area contributed by atoms with E-state index in [0.717, 1.165) is 0 Å². The summed E-state index contributed by atoms with van der Waals surface area (Å²) in [6.07, 6.45) is -0.131. The summed E-state index contributed by atoms with van der Waals surface area (Å²) >= 11 is 0. The molecule has 2 aromatic rings. The van der Waals surface area contributed by atoms with Gasteiger partial charge in [-0.2, -0.15) is 0 Å². The van der Waals surface area contributed by atoms with Gasteiger partial charge < -0.3 is 14.8 Å². The number of ketones is 1. The highest BCUT2D eigenvalue weighted by Gasteiger charge is 2.19. The Hall–Kier alpha value is -2.82. The quantitative estimate of drug-likeness (QED) is 0.788. The minimum Gasteiger partial charge on any atom is -0.497 e. The van der Waals surface area contributed by atoms with Crippen molar-refractivity contribution >= 4 is 17.4 Å². The molecule has 5 nitrogen and oxygen atoms in total. The van der Waals surface area contributed by atoms with Crippen LogP contribution in [0.3, 0.4) is 0 Å². The van der Waals surface area contributed by atoms with Gasteiger partial charge in [0.05, 0.1) is 7.11 Å². The summed E-state index contributed by atoms with van der Waals surface area (Å²) in [6.45, 7) is 3.36. The summed E-state index contributed by atoms with van der Waals surface area (Å²) in [4.78, 5) is 23.9. The molecule has 24 heavy (non-hydrogen) atoms. The van der Waals surface area contributed by atoms with Crippen LogP contribution in [0.25, 0.3) is 0 Å². The number of ether oxygens (including phenoxy) is 2. The van der Waals surface area contributed by atoms with E-state index >= 15 is 0 Å². The Labute approximate surface area is 141 Å². The zero-order chi connectivity index (χ0) is 17.5. The van der Waals surface area contributed by atoms with E-state index in [2.05, 4.69) is 5.32 Å². The number of hydrogen-bond acceptors (Lipinski definition) is 4. The Morgan fingerprint density at radius 3 is 2.46 bits per heavy atom. The van der Waals surface area contributed by atoms with Crippen molar-refractivity contribution in [1.29, 1.82) is 0 Å². The lowest BCUT2D eigenvalue weighted by atomic mass is 10.1. The molecule has 0 fully saturated rings. The van der Waals surface area contributed by atoms with Gasteiger partial charge in [0.25, 0.3) is 5.91 Å². The van der Waals surface area contributed by atoms with Crippen molar-refractivity contribution in [3.8, 4) is 11.5 Å². The molecule has 1 N–H and O–H groups in total. The molecule has 0 aliphatic rings. The third-order valence-corrected chi connectivity index (χ3v) is 3.52. The van der Waals surface area contributed by atoms with Gasteiger partial charge in [0.2, 0.25) is 0 Å². The van der Waals surface area contributed by atoms with Crippen LogP contribution in [0, 0.1) is 0 Å². The summed E-state index contributed by atoms with van der Waals surface area (Å²) in [5.74, 6) is 0.914. The maximum atomic E-state index is 12.4. The Kier molecular flexibility index (Phi) is 5.95. The Bertz CT molecular complexity index is 727. The lowest BCUT2D eigenvalue weighted by molar-refractivity contribution is -0.122. The smallest absolute Gasteiger partial charge is 0.265 e. The van der Waals surface area contributed by atoms with Crippen LogP contribution in [0.2, 0.25) is 0 Å². The van der Waals surface area contributed by atoms with E-state index in [1.165, 1.54) is 6.92 Å². The Morgan fingerprint density at radius 2 is 1.79 bits per heavy atom. The van der Waals surface area contributed by atoms with Crippen LogP contribution in [-0.4, -0.2) is 24.9 Å². The second-order valence-electron chi connectivity index (χ2n) is 5.32. The maximum Gasteiger partial charge on any atom is 0.265 e. The molecule has 0 aromatic heterocycles. The average molecular weight is 327 g/mol. The minimum atomic E-state index is -0.641. The van der Waals surface area contributed by atoms with Crippen molar-refractivity contribution in [3.63, 3.8) is 0 Å². The molecule has 126 valence electrons. The van der Waals surface area contributed by atoms with Gasteiger partial charge in [-0.25, -0.2) is 0 Å². The van der Waals surface area contributed by atoms with Gasteiger partial charge in [0.15, 0.2) is 11.9 Å². The van der Waals surface area contributed by atoms with E-state index < -0.39 is 6.10 Å². The summed E-state index contributed by atoms with van der Waals surface area (Å²) in [5.41, 5.74) is 1.12. The molecule has 0 radical (unpaired) electrons. The SMILES string of the molecule is CC[C@@H](Oc1cccc(OC)c1)C(=O)Nc1cccc(C(C)=O)c1. The van der Waals surface area contributed by atoms with Crippen LogP contribution in [0.15, 0.2) is 48.5 Å². The summed E-state index contributed by atoms with van der Waals surface area (Å²) in [6, 6.07) is 13.9. The normalized spacial score (nSPS) is 11.5. The monoisotopic (exact) mass is 327 g/mol. The number of hydrogen-bond donors (Lipinski definition) is 1. The molecular formula is C19H21NO4. The Morgan fingerprint density at radius 1 is 1.08 bits per heavy atom. The largest absolute Gasteiger partial charge is 0.497 e. The van der Waals surface area contributed by atoms with E-state index in [1.807, 2.05) is 6.92 Å². The highest BCUT2D eigenvalue weighted by Crippen LogP contribution is 2.21. The van der Waals surface area contributed by atoms with Gasteiger partial charge in [-0.1, -0.05) is 25.1 Å². The van der Waals surface area contributed by atoms with Crippen LogP contribution in [-0.2, 0) is 4.79 Å². The zero-order valence-electron chi connectivity index (χ0n) is 14.0. The standard InChI is InChI=1S/C19H21NO4/c1-4-18(24-17-10-6-9-16(12-17)23-3)19(22)20-15-8-5-7-14(11-15)13(2)21/h5-12,18H,4H2,1-3H3,(H,20,22)/t18-/m1/s1. The minimum absolute atomic E-state index is 0.0502. The van der Waals surface area contributed by atoms with Crippen molar-refractivity contribution < 1.29 is 19.1 Å². The highest BCUT2D eigenvalue weighted by atomic mass is 16.5. The van der Waals surface area contributed by atoms with E-state index in [4.69, 9.17) is 9.47 Å². The number of nitrogens with one attached hydrogen (secondary N) is 1. The van der Waals surface area contributed by atoms with Crippen molar-refractivity contribution in [2.75, 3.05) is 12.4 Å². The number of methoxy groups -OCH3 is 1. The van der Waals surface area contributed by atoms with Gasteiger partial charge in [0.1, 0.15) is 11.5 Å². The highest BCUT2D eigenvalue weighted by molar-refractivity contribution is 5.98. The molecule has 0 aliphatic carbocycles. The van der Waals surface area contributed by atoms with E-state index in [-0.39, 0.29) is 11.7 Å². The molecule has 2 aromatic carbocycles. The third kappa shape index (κ3) is 4.59. The van der Waals surface area contributed by atoms with Crippen molar-refractivity contribution in [3.05, 3.63) is 54.1 Å². The van der Waals surface area contributed by atoms with Crippen LogP contribution in [0.5, 0.6) is 11.5 Å². The predicted octanol–water partition coefficient (Wildman–Crippen LogP) is 3.69. The first-order valence-electron chi connectivity index (χ1n) is 7.76. The lowest BCUT2D eigenvalue weighted by Gasteiger charge is -2.18. The first kappa shape index (κ1) is 17.5. The average Bonchev–Trinajstić information content (AvgIpc) is 2.59. The van der Waals surface area contributed by atoms with Gasteiger partial charge in [-0.3, -0.25) is 9.59 Å². The summed E-state index contributed by atoms with van der Waals surface area (Å²) < 4.78 is 10.9. The number of carbonyl (C=O) groups excluding carboxylic acids is 2. The molecule has 2 rings (SSSR count). The molecule has 0 bridgehead atoms. The van der Waals surface area contributed by atoms with Gasteiger partial charge in [0, 0.05) is 17.3 Å². The van der Waals surface area contributed by atoms with Crippen molar-refractivity contribution in [2.45, 2.75) is 26.4 Å². The lowest BCUT2D eigenvalue weighted by Crippen LogP contribution is -2.32. The fourth-order valence-corrected chi connectivity index (χ4v) is 2.20.